The number of nitrogens with one attached hydrogen (secondary N) is 1. The lowest BCUT2D eigenvalue weighted by molar-refractivity contribution is -0.130. The second-order valence-corrected chi connectivity index (χ2v) is 7.45. The third kappa shape index (κ3) is 4.07. The molecule has 2 atom stereocenters. The molecule has 2 aliphatic heterocycles. The van der Waals surface area contributed by atoms with Gasteiger partial charge < -0.3 is 10.2 Å². The van der Waals surface area contributed by atoms with Gasteiger partial charge in [-0.3, -0.25) is 4.79 Å². The molecule has 0 aromatic rings. The fraction of sp³-hybridized carbons (Fsp3) is 0.917. The molecule has 0 aromatic carbocycles. The highest BCUT2D eigenvalue weighted by Gasteiger charge is 2.38. The van der Waals surface area contributed by atoms with Gasteiger partial charge in [-0.1, -0.05) is 6.92 Å². The standard InChI is InChI=1S/C12H22N2O3S.ClH/c1-2-7-18(16,17)9-12(15)14-10-3-4-11(14)8-13-6-5-10;/h10-11,13H,2-9H2,1H3;1H. The van der Waals surface area contributed by atoms with Gasteiger partial charge in [0.1, 0.15) is 5.75 Å². The minimum atomic E-state index is -3.22. The van der Waals surface area contributed by atoms with Crippen LogP contribution < -0.4 is 5.32 Å². The van der Waals surface area contributed by atoms with Crippen molar-refractivity contribution in [1.82, 2.24) is 10.2 Å². The Balaban J connectivity index is 0.00000180. The second-order valence-electron chi connectivity index (χ2n) is 5.27. The molecule has 2 aliphatic rings. The van der Waals surface area contributed by atoms with Crippen LogP contribution in [0.1, 0.15) is 32.6 Å². The van der Waals surface area contributed by atoms with Gasteiger partial charge >= 0.3 is 0 Å². The maximum absolute atomic E-state index is 12.2. The maximum atomic E-state index is 12.2. The average molecular weight is 311 g/mol. The van der Waals surface area contributed by atoms with Crippen molar-refractivity contribution in [1.29, 1.82) is 0 Å². The molecule has 2 rings (SSSR count). The first kappa shape index (κ1) is 16.7. The largest absolute Gasteiger partial charge is 0.335 e. The number of nitrogens with zero attached hydrogens (tertiary/aromatic N) is 1. The van der Waals surface area contributed by atoms with Crippen LogP contribution in [0.4, 0.5) is 0 Å². The monoisotopic (exact) mass is 310 g/mol. The molecule has 2 heterocycles. The highest BCUT2D eigenvalue weighted by Crippen LogP contribution is 2.28. The van der Waals surface area contributed by atoms with Crippen LogP contribution in [0.15, 0.2) is 0 Å². The van der Waals surface area contributed by atoms with Crippen molar-refractivity contribution < 1.29 is 13.2 Å². The molecule has 0 aliphatic carbocycles. The van der Waals surface area contributed by atoms with E-state index in [2.05, 4.69) is 5.32 Å². The molecule has 2 unspecified atom stereocenters. The predicted molar refractivity (Wildman–Crippen MR) is 77.3 cm³/mol. The van der Waals surface area contributed by atoms with Gasteiger partial charge in [0.15, 0.2) is 9.84 Å². The highest BCUT2D eigenvalue weighted by atomic mass is 35.5. The van der Waals surface area contributed by atoms with Crippen LogP contribution in [0.2, 0.25) is 0 Å². The Morgan fingerprint density at radius 1 is 1.26 bits per heavy atom. The van der Waals surface area contributed by atoms with Crippen LogP contribution >= 0.6 is 12.4 Å². The first-order chi connectivity index (χ1) is 8.53. The molecule has 19 heavy (non-hydrogen) atoms. The summed E-state index contributed by atoms with van der Waals surface area (Å²) < 4.78 is 23.5. The summed E-state index contributed by atoms with van der Waals surface area (Å²) in [6.45, 7) is 3.55. The lowest BCUT2D eigenvalue weighted by atomic mass is 10.1. The lowest BCUT2D eigenvalue weighted by Gasteiger charge is -2.27. The fourth-order valence-electron chi connectivity index (χ4n) is 3.04. The smallest absolute Gasteiger partial charge is 0.238 e. The predicted octanol–water partition coefficient (Wildman–Crippen LogP) is 0.586. The average Bonchev–Trinajstić information content (AvgIpc) is 2.51. The summed E-state index contributed by atoms with van der Waals surface area (Å²) in [5, 5.41) is 3.31. The van der Waals surface area contributed by atoms with Gasteiger partial charge in [-0.15, -0.1) is 12.4 Å². The molecule has 2 bridgehead atoms. The topological polar surface area (TPSA) is 66.5 Å². The molecule has 7 heteroatoms. The van der Waals surface area contributed by atoms with Gasteiger partial charge in [0, 0.05) is 18.6 Å². The minimum Gasteiger partial charge on any atom is -0.335 e. The van der Waals surface area contributed by atoms with Crippen molar-refractivity contribution >= 4 is 28.2 Å². The molecule has 2 saturated heterocycles. The number of hydrogen-bond donors (Lipinski definition) is 1. The van der Waals surface area contributed by atoms with E-state index < -0.39 is 9.84 Å². The SMILES string of the molecule is CCCS(=O)(=O)CC(=O)N1C2CCNCC1CC2.Cl. The normalized spacial score (nSPS) is 26.7. The molecule has 2 fully saturated rings. The summed E-state index contributed by atoms with van der Waals surface area (Å²) in [6.07, 6.45) is 3.53. The first-order valence-corrected chi connectivity index (χ1v) is 8.58. The zero-order chi connectivity index (χ0) is 13.2. The summed E-state index contributed by atoms with van der Waals surface area (Å²) >= 11 is 0. The maximum Gasteiger partial charge on any atom is 0.238 e. The van der Waals surface area contributed by atoms with Gasteiger partial charge in [0.2, 0.25) is 5.91 Å². The Hall–Kier alpha value is -0.330. The van der Waals surface area contributed by atoms with Gasteiger partial charge in [-0.25, -0.2) is 8.42 Å². The van der Waals surface area contributed by atoms with Crippen LogP contribution in [0.3, 0.4) is 0 Å². The van der Waals surface area contributed by atoms with Crippen molar-refractivity contribution in [3.05, 3.63) is 0 Å². The van der Waals surface area contributed by atoms with Crippen LogP contribution in [-0.2, 0) is 14.6 Å². The Labute approximate surface area is 121 Å². The fourth-order valence-corrected chi connectivity index (χ4v) is 4.33. The summed E-state index contributed by atoms with van der Waals surface area (Å²) in [5.41, 5.74) is 0. The Kier molecular flexibility index (Phi) is 6.08. The van der Waals surface area contributed by atoms with E-state index in [9.17, 15) is 13.2 Å². The first-order valence-electron chi connectivity index (χ1n) is 6.76. The zero-order valence-electron chi connectivity index (χ0n) is 11.3. The Morgan fingerprint density at radius 2 is 1.95 bits per heavy atom. The van der Waals surface area contributed by atoms with E-state index in [1.54, 1.807) is 0 Å². The van der Waals surface area contributed by atoms with Crippen molar-refractivity contribution in [2.24, 2.45) is 0 Å². The third-order valence-corrected chi connectivity index (χ3v) is 5.52. The van der Waals surface area contributed by atoms with E-state index in [0.717, 1.165) is 32.4 Å². The molecule has 0 saturated carbocycles. The molecular formula is C12H23ClN2O3S. The Morgan fingerprint density at radius 3 is 2.63 bits per heavy atom. The van der Waals surface area contributed by atoms with Crippen LogP contribution in [0, 0.1) is 0 Å². The summed E-state index contributed by atoms with van der Waals surface area (Å²) in [6, 6.07) is 0.441. The van der Waals surface area contributed by atoms with Crippen molar-refractivity contribution in [3.8, 4) is 0 Å². The number of amides is 1. The van der Waals surface area contributed by atoms with E-state index in [1.165, 1.54) is 0 Å². The molecule has 0 spiro atoms. The number of fused-ring (bicyclic) bond motifs is 2. The third-order valence-electron chi connectivity index (χ3n) is 3.80. The quantitative estimate of drug-likeness (QED) is 0.825. The number of rotatable bonds is 4. The minimum absolute atomic E-state index is 0. The molecule has 5 nitrogen and oxygen atoms in total. The van der Waals surface area contributed by atoms with E-state index in [4.69, 9.17) is 0 Å². The number of carbonyl (C=O) groups is 1. The number of sulfone groups is 1. The van der Waals surface area contributed by atoms with Crippen LogP contribution in [0.25, 0.3) is 0 Å². The second kappa shape index (κ2) is 6.90. The molecular weight excluding hydrogens is 288 g/mol. The van der Waals surface area contributed by atoms with Gasteiger partial charge in [-0.2, -0.15) is 0 Å². The molecule has 1 amide bonds. The van der Waals surface area contributed by atoms with Crippen LogP contribution in [0.5, 0.6) is 0 Å². The summed E-state index contributed by atoms with van der Waals surface area (Å²) in [7, 11) is -3.22. The molecule has 112 valence electrons. The molecule has 0 radical (unpaired) electrons. The number of carbonyl (C=O) groups excluding carboxylic acids is 1. The van der Waals surface area contributed by atoms with E-state index in [-0.39, 0.29) is 41.9 Å². The van der Waals surface area contributed by atoms with Gasteiger partial charge in [-0.05, 0) is 32.2 Å². The van der Waals surface area contributed by atoms with E-state index >= 15 is 0 Å². The van der Waals surface area contributed by atoms with Crippen molar-refractivity contribution in [2.45, 2.75) is 44.7 Å². The highest BCUT2D eigenvalue weighted by molar-refractivity contribution is 7.92. The molecule has 0 aromatic heterocycles. The Bertz CT molecular complexity index is 399. The van der Waals surface area contributed by atoms with Crippen LogP contribution in [-0.4, -0.2) is 55.9 Å². The number of halogens is 1. The summed E-state index contributed by atoms with van der Waals surface area (Å²) in [4.78, 5) is 14.1. The summed E-state index contributed by atoms with van der Waals surface area (Å²) in [5.74, 6) is -0.395. The lowest BCUT2D eigenvalue weighted by Crippen LogP contribution is -2.45. The van der Waals surface area contributed by atoms with Crippen molar-refractivity contribution in [3.63, 3.8) is 0 Å². The van der Waals surface area contributed by atoms with Crippen molar-refractivity contribution in [2.75, 3.05) is 24.6 Å². The van der Waals surface area contributed by atoms with Gasteiger partial charge in [0.05, 0.1) is 5.75 Å². The molecule has 1 N–H and O–H groups in total. The number of hydrogen-bond acceptors (Lipinski definition) is 4. The van der Waals surface area contributed by atoms with E-state index in [0.29, 0.717) is 6.42 Å². The van der Waals surface area contributed by atoms with Gasteiger partial charge in [0.25, 0.3) is 0 Å². The zero-order valence-corrected chi connectivity index (χ0v) is 12.9. The van der Waals surface area contributed by atoms with E-state index in [1.807, 2.05) is 11.8 Å².